The zero-order valence-corrected chi connectivity index (χ0v) is 9.41. The van der Waals surface area contributed by atoms with E-state index in [0.717, 1.165) is 4.47 Å². The summed E-state index contributed by atoms with van der Waals surface area (Å²) in [6, 6.07) is 6.92. The summed E-state index contributed by atoms with van der Waals surface area (Å²) in [6.07, 6.45) is 3.38. The van der Waals surface area contributed by atoms with Crippen molar-refractivity contribution in [3.05, 3.63) is 52.3 Å². The Morgan fingerprint density at radius 2 is 2.13 bits per heavy atom. The van der Waals surface area contributed by atoms with Crippen molar-refractivity contribution in [1.82, 2.24) is 4.98 Å². The van der Waals surface area contributed by atoms with Crippen LogP contribution in [0.1, 0.15) is 15.9 Å². The third-order valence-corrected chi connectivity index (χ3v) is 2.79. The maximum atomic E-state index is 12.0. The van der Waals surface area contributed by atoms with Crippen LogP contribution in [0, 0.1) is 0 Å². The van der Waals surface area contributed by atoms with Crippen molar-refractivity contribution >= 4 is 27.4 Å². The van der Waals surface area contributed by atoms with Gasteiger partial charge in [0.1, 0.15) is 0 Å². The molecule has 0 saturated heterocycles. The Labute approximate surface area is 95.4 Å². The second-order valence-corrected chi connectivity index (χ2v) is 4.02. The number of nitrogen functional groups attached to an aromatic ring is 1. The van der Waals surface area contributed by atoms with E-state index < -0.39 is 0 Å². The van der Waals surface area contributed by atoms with E-state index in [4.69, 9.17) is 5.73 Å². The molecule has 2 rings (SSSR count). The quantitative estimate of drug-likeness (QED) is 0.647. The molecule has 0 amide bonds. The first-order chi connectivity index (χ1) is 7.18. The fourth-order valence-corrected chi connectivity index (χ4v) is 1.76. The molecule has 76 valence electrons. The summed E-state index contributed by atoms with van der Waals surface area (Å²) in [6.45, 7) is 0. The van der Waals surface area contributed by atoms with Gasteiger partial charge in [-0.2, -0.15) is 0 Å². The van der Waals surface area contributed by atoms with Gasteiger partial charge in [0.25, 0.3) is 0 Å². The number of hydrogen-bond donors (Lipinski definition) is 2. The second-order valence-electron chi connectivity index (χ2n) is 3.17. The number of nitrogens with one attached hydrogen (secondary N) is 1. The normalized spacial score (nSPS) is 10.2. The molecule has 0 bridgehead atoms. The number of aromatic amines is 1. The van der Waals surface area contributed by atoms with E-state index in [-0.39, 0.29) is 5.78 Å². The lowest BCUT2D eigenvalue weighted by atomic mass is 10.1. The fourth-order valence-electron chi connectivity index (χ4n) is 1.34. The Morgan fingerprint density at radius 3 is 2.80 bits per heavy atom. The maximum absolute atomic E-state index is 12.0. The number of carbonyl (C=O) groups is 1. The number of hydrogen-bond acceptors (Lipinski definition) is 2. The molecule has 0 spiro atoms. The van der Waals surface area contributed by atoms with E-state index in [2.05, 4.69) is 20.9 Å². The number of benzene rings is 1. The molecule has 15 heavy (non-hydrogen) atoms. The Morgan fingerprint density at radius 1 is 1.33 bits per heavy atom. The third kappa shape index (κ3) is 1.94. The highest BCUT2D eigenvalue weighted by atomic mass is 79.9. The molecule has 0 unspecified atom stereocenters. The fraction of sp³-hybridized carbons (Fsp3) is 0. The first-order valence-corrected chi connectivity index (χ1v) is 5.20. The van der Waals surface area contributed by atoms with Gasteiger partial charge in [-0.05, 0) is 24.3 Å². The van der Waals surface area contributed by atoms with Gasteiger partial charge in [0, 0.05) is 33.7 Å². The number of H-pyrrole nitrogens is 1. The van der Waals surface area contributed by atoms with Crippen molar-refractivity contribution in [2.24, 2.45) is 0 Å². The Bertz CT molecular complexity index is 491. The zero-order valence-electron chi connectivity index (χ0n) is 7.83. The predicted octanol–water partition coefficient (Wildman–Crippen LogP) is 2.59. The maximum Gasteiger partial charge on any atom is 0.195 e. The number of ketones is 1. The van der Waals surface area contributed by atoms with Gasteiger partial charge < -0.3 is 10.7 Å². The molecule has 0 aliphatic heterocycles. The Kier molecular flexibility index (Phi) is 2.60. The van der Waals surface area contributed by atoms with Crippen molar-refractivity contribution in [3.8, 4) is 0 Å². The number of rotatable bonds is 2. The van der Waals surface area contributed by atoms with Crippen LogP contribution in [-0.4, -0.2) is 10.8 Å². The molecule has 1 aromatic carbocycles. The lowest BCUT2D eigenvalue weighted by Crippen LogP contribution is -2.02. The van der Waals surface area contributed by atoms with Gasteiger partial charge in [-0.25, -0.2) is 0 Å². The number of anilines is 1. The summed E-state index contributed by atoms with van der Waals surface area (Å²) in [7, 11) is 0. The predicted molar refractivity (Wildman–Crippen MR) is 62.8 cm³/mol. The first kappa shape index (κ1) is 9.98. The van der Waals surface area contributed by atoms with E-state index in [0.29, 0.717) is 16.8 Å². The standard InChI is InChI=1S/C11H9BrN2O/c12-10-2-1-8(13)5-9(10)11(15)7-3-4-14-6-7/h1-6,14H,13H2. The first-order valence-electron chi connectivity index (χ1n) is 4.41. The minimum atomic E-state index is -0.0459. The molecule has 3 nitrogen and oxygen atoms in total. The highest BCUT2D eigenvalue weighted by Crippen LogP contribution is 2.22. The van der Waals surface area contributed by atoms with Crippen molar-refractivity contribution in [2.45, 2.75) is 0 Å². The van der Waals surface area contributed by atoms with Gasteiger partial charge in [-0.15, -0.1) is 0 Å². The molecule has 0 saturated carbocycles. The SMILES string of the molecule is Nc1ccc(Br)c(C(=O)c2cc[nH]c2)c1. The van der Waals surface area contributed by atoms with Crippen molar-refractivity contribution < 1.29 is 4.79 Å². The van der Waals surface area contributed by atoms with Crippen LogP contribution in [0.25, 0.3) is 0 Å². The topological polar surface area (TPSA) is 58.9 Å². The smallest absolute Gasteiger partial charge is 0.195 e. The number of halogens is 1. The van der Waals surface area contributed by atoms with Gasteiger partial charge in [0.05, 0.1) is 0 Å². The lowest BCUT2D eigenvalue weighted by Gasteiger charge is -2.03. The number of nitrogens with two attached hydrogens (primary N) is 1. The number of carbonyl (C=O) groups excluding carboxylic acids is 1. The summed E-state index contributed by atoms with van der Waals surface area (Å²) in [5, 5.41) is 0. The van der Waals surface area contributed by atoms with Gasteiger partial charge in [-0.1, -0.05) is 15.9 Å². The van der Waals surface area contributed by atoms with Crippen LogP contribution in [-0.2, 0) is 0 Å². The summed E-state index contributed by atoms with van der Waals surface area (Å²) >= 11 is 3.33. The van der Waals surface area contributed by atoms with Gasteiger partial charge >= 0.3 is 0 Å². The molecule has 0 radical (unpaired) electrons. The van der Waals surface area contributed by atoms with Gasteiger partial charge in [0.2, 0.25) is 0 Å². The molecule has 1 aromatic heterocycles. The van der Waals surface area contributed by atoms with Crippen LogP contribution in [0.5, 0.6) is 0 Å². The van der Waals surface area contributed by atoms with E-state index in [1.807, 2.05) is 0 Å². The molecule has 0 fully saturated rings. The molecule has 0 aliphatic rings. The molecule has 4 heteroatoms. The van der Waals surface area contributed by atoms with Crippen molar-refractivity contribution in [3.63, 3.8) is 0 Å². The van der Waals surface area contributed by atoms with Crippen LogP contribution in [0.4, 0.5) is 5.69 Å². The molecular formula is C11H9BrN2O. The summed E-state index contributed by atoms with van der Waals surface area (Å²) in [5.41, 5.74) is 7.42. The average Bonchev–Trinajstić information content (AvgIpc) is 2.74. The Hall–Kier alpha value is -1.55. The highest BCUT2D eigenvalue weighted by Gasteiger charge is 2.12. The summed E-state index contributed by atoms with van der Waals surface area (Å²) < 4.78 is 0.753. The minimum absolute atomic E-state index is 0.0459. The van der Waals surface area contributed by atoms with Gasteiger partial charge in [0.15, 0.2) is 5.78 Å². The minimum Gasteiger partial charge on any atom is -0.399 e. The molecule has 2 aromatic rings. The monoisotopic (exact) mass is 264 g/mol. The zero-order chi connectivity index (χ0) is 10.8. The van der Waals surface area contributed by atoms with Crippen LogP contribution >= 0.6 is 15.9 Å². The average molecular weight is 265 g/mol. The molecule has 1 heterocycles. The lowest BCUT2D eigenvalue weighted by molar-refractivity contribution is 0.103. The second kappa shape index (κ2) is 3.90. The van der Waals surface area contributed by atoms with Crippen LogP contribution < -0.4 is 5.73 Å². The van der Waals surface area contributed by atoms with E-state index in [1.54, 1.807) is 36.7 Å². The third-order valence-electron chi connectivity index (χ3n) is 2.10. The molecule has 0 atom stereocenters. The van der Waals surface area contributed by atoms with E-state index in [1.165, 1.54) is 0 Å². The largest absolute Gasteiger partial charge is 0.399 e. The molecular weight excluding hydrogens is 256 g/mol. The van der Waals surface area contributed by atoms with E-state index in [9.17, 15) is 4.79 Å². The Balaban J connectivity index is 2.46. The summed E-state index contributed by atoms with van der Waals surface area (Å²) in [5.74, 6) is -0.0459. The van der Waals surface area contributed by atoms with Crippen molar-refractivity contribution in [1.29, 1.82) is 0 Å². The highest BCUT2D eigenvalue weighted by molar-refractivity contribution is 9.10. The summed E-state index contributed by atoms with van der Waals surface area (Å²) in [4.78, 5) is 14.8. The van der Waals surface area contributed by atoms with Crippen molar-refractivity contribution in [2.75, 3.05) is 5.73 Å². The molecule has 3 N–H and O–H groups in total. The van der Waals surface area contributed by atoms with Crippen LogP contribution in [0.15, 0.2) is 41.1 Å². The van der Waals surface area contributed by atoms with Crippen LogP contribution in [0.2, 0.25) is 0 Å². The number of aromatic nitrogens is 1. The molecule has 0 aliphatic carbocycles. The van der Waals surface area contributed by atoms with Crippen LogP contribution in [0.3, 0.4) is 0 Å². The van der Waals surface area contributed by atoms with E-state index >= 15 is 0 Å². The van der Waals surface area contributed by atoms with Gasteiger partial charge in [-0.3, -0.25) is 4.79 Å².